The SMILES string of the molecule is O=C(CC(NS(=O)(=O)c1ccc(Cl)cc1)c1ccccc1)Nc1cccc2ccccc12. The van der Waals surface area contributed by atoms with Crippen LogP contribution in [0.5, 0.6) is 0 Å². The van der Waals surface area contributed by atoms with Crippen LogP contribution < -0.4 is 10.0 Å². The molecule has 0 saturated carbocycles. The number of rotatable bonds is 7. The lowest BCUT2D eigenvalue weighted by atomic mass is 10.0. The lowest BCUT2D eigenvalue weighted by molar-refractivity contribution is -0.116. The zero-order chi connectivity index (χ0) is 22.6. The molecule has 0 fully saturated rings. The van der Waals surface area contributed by atoms with Crippen molar-refractivity contribution in [3.63, 3.8) is 0 Å². The first-order valence-electron chi connectivity index (χ1n) is 10.0. The molecule has 7 heteroatoms. The van der Waals surface area contributed by atoms with Crippen LogP contribution in [0.15, 0.2) is 102 Å². The van der Waals surface area contributed by atoms with Gasteiger partial charge in [0.15, 0.2) is 0 Å². The van der Waals surface area contributed by atoms with Gasteiger partial charge in [-0.3, -0.25) is 4.79 Å². The lowest BCUT2D eigenvalue weighted by Crippen LogP contribution is -2.31. The largest absolute Gasteiger partial charge is 0.325 e. The van der Waals surface area contributed by atoms with Gasteiger partial charge in [0, 0.05) is 22.5 Å². The Labute approximate surface area is 192 Å². The van der Waals surface area contributed by atoms with E-state index in [4.69, 9.17) is 11.6 Å². The van der Waals surface area contributed by atoms with Crippen molar-refractivity contribution < 1.29 is 13.2 Å². The summed E-state index contributed by atoms with van der Waals surface area (Å²) in [5.74, 6) is -0.297. The van der Waals surface area contributed by atoms with Gasteiger partial charge >= 0.3 is 0 Å². The van der Waals surface area contributed by atoms with Crippen molar-refractivity contribution >= 4 is 44.0 Å². The van der Waals surface area contributed by atoms with Crippen LogP contribution >= 0.6 is 11.6 Å². The van der Waals surface area contributed by atoms with Crippen molar-refractivity contribution in [1.29, 1.82) is 0 Å². The van der Waals surface area contributed by atoms with E-state index in [0.717, 1.165) is 10.8 Å². The Kier molecular flexibility index (Phi) is 6.55. The van der Waals surface area contributed by atoms with Gasteiger partial charge in [-0.25, -0.2) is 13.1 Å². The first-order valence-corrected chi connectivity index (χ1v) is 11.9. The number of amides is 1. The summed E-state index contributed by atoms with van der Waals surface area (Å²) in [5.41, 5.74) is 1.37. The fraction of sp³-hybridized carbons (Fsp3) is 0.0800. The Hall–Kier alpha value is -3.19. The lowest BCUT2D eigenvalue weighted by Gasteiger charge is -2.19. The molecular weight excluding hydrogens is 444 g/mol. The summed E-state index contributed by atoms with van der Waals surface area (Å²) in [5, 5.41) is 5.30. The summed E-state index contributed by atoms with van der Waals surface area (Å²) >= 11 is 5.88. The van der Waals surface area contributed by atoms with E-state index < -0.39 is 16.1 Å². The summed E-state index contributed by atoms with van der Waals surface area (Å²) in [4.78, 5) is 13.0. The van der Waals surface area contributed by atoms with Crippen molar-refractivity contribution in [2.45, 2.75) is 17.4 Å². The van der Waals surface area contributed by atoms with Crippen molar-refractivity contribution in [2.75, 3.05) is 5.32 Å². The number of carbonyl (C=O) groups is 1. The van der Waals surface area contributed by atoms with Crippen molar-refractivity contribution in [3.05, 3.63) is 108 Å². The number of sulfonamides is 1. The maximum Gasteiger partial charge on any atom is 0.241 e. The van der Waals surface area contributed by atoms with E-state index in [1.54, 1.807) is 12.1 Å². The van der Waals surface area contributed by atoms with Crippen LogP contribution in [-0.4, -0.2) is 14.3 Å². The molecule has 0 saturated heterocycles. The zero-order valence-electron chi connectivity index (χ0n) is 17.0. The standard InChI is InChI=1S/C25H21ClN2O3S/c26-20-13-15-21(16-14-20)32(30,31)28-24(19-8-2-1-3-9-19)17-25(29)27-23-12-6-10-18-7-4-5-11-22(18)23/h1-16,24,28H,17H2,(H,27,29). The summed E-state index contributed by atoms with van der Waals surface area (Å²) in [7, 11) is -3.87. The molecule has 1 amide bonds. The van der Waals surface area contributed by atoms with Crippen LogP contribution in [0.25, 0.3) is 10.8 Å². The highest BCUT2D eigenvalue weighted by atomic mass is 35.5. The molecule has 1 unspecified atom stereocenters. The van der Waals surface area contributed by atoms with Gasteiger partial charge in [0.1, 0.15) is 0 Å². The molecular formula is C25H21ClN2O3S. The van der Waals surface area contributed by atoms with Crippen LogP contribution in [0.1, 0.15) is 18.0 Å². The van der Waals surface area contributed by atoms with Crippen molar-refractivity contribution in [1.82, 2.24) is 4.72 Å². The smallest absolute Gasteiger partial charge is 0.241 e. The van der Waals surface area contributed by atoms with E-state index in [-0.39, 0.29) is 17.2 Å². The number of anilines is 1. The minimum atomic E-state index is -3.87. The minimum Gasteiger partial charge on any atom is -0.325 e. The second-order valence-corrected chi connectivity index (χ2v) is 9.47. The van der Waals surface area contributed by atoms with E-state index in [1.165, 1.54) is 24.3 Å². The Morgan fingerprint density at radius 1 is 0.812 bits per heavy atom. The van der Waals surface area contributed by atoms with Crippen molar-refractivity contribution in [3.8, 4) is 0 Å². The molecule has 0 aliphatic heterocycles. The number of benzene rings is 4. The Morgan fingerprint density at radius 3 is 2.22 bits per heavy atom. The van der Waals surface area contributed by atoms with Crippen LogP contribution in [-0.2, 0) is 14.8 Å². The number of carbonyl (C=O) groups excluding carboxylic acids is 1. The fourth-order valence-electron chi connectivity index (χ4n) is 3.50. The second-order valence-electron chi connectivity index (χ2n) is 7.32. The molecule has 162 valence electrons. The van der Waals surface area contributed by atoms with E-state index in [1.807, 2.05) is 60.7 Å². The molecule has 0 aliphatic rings. The highest BCUT2D eigenvalue weighted by Crippen LogP contribution is 2.25. The number of hydrogen-bond acceptors (Lipinski definition) is 3. The first kappa shape index (κ1) is 22.0. The third-order valence-corrected chi connectivity index (χ3v) is 6.82. The van der Waals surface area contributed by atoms with Gasteiger partial charge in [-0.1, -0.05) is 78.3 Å². The quantitative estimate of drug-likeness (QED) is 0.377. The molecule has 2 N–H and O–H groups in total. The van der Waals surface area contributed by atoms with Gasteiger partial charge in [-0.05, 0) is 41.3 Å². The van der Waals surface area contributed by atoms with Crippen LogP contribution in [0.3, 0.4) is 0 Å². The number of halogens is 1. The van der Waals surface area contributed by atoms with Gasteiger partial charge < -0.3 is 5.32 Å². The summed E-state index contributed by atoms with van der Waals surface area (Å²) < 4.78 is 28.6. The summed E-state index contributed by atoms with van der Waals surface area (Å²) in [6, 6.07) is 27.6. The van der Waals surface area contributed by atoms with Crippen LogP contribution in [0, 0.1) is 0 Å². The highest BCUT2D eigenvalue weighted by Gasteiger charge is 2.24. The third kappa shape index (κ3) is 5.16. The minimum absolute atomic E-state index is 0.0694. The molecule has 0 bridgehead atoms. The zero-order valence-corrected chi connectivity index (χ0v) is 18.6. The Morgan fingerprint density at radius 2 is 1.47 bits per heavy atom. The predicted molar refractivity (Wildman–Crippen MR) is 128 cm³/mol. The van der Waals surface area contributed by atoms with E-state index in [9.17, 15) is 13.2 Å². The fourth-order valence-corrected chi connectivity index (χ4v) is 4.85. The monoisotopic (exact) mass is 464 g/mol. The maximum atomic E-state index is 13.0. The molecule has 0 aliphatic carbocycles. The first-order chi connectivity index (χ1) is 15.4. The van der Waals surface area contributed by atoms with E-state index in [0.29, 0.717) is 16.3 Å². The number of nitrogens with one attached hydrogen (secondary N) is 2. The van der Waals surface area contributed by atoms with E-state index in [2.05, 4.69) is 10.0 Å². The molecule has 1 atom stereocenters. The number of fused-ring (bicyclic) bond motifs is 1. The molecule has 5 nitrogen and oxygen atoms in total. The molecule has 0 aromatic heterocycles. The molecule has 0 radical (unpaired) electrons. The average Bonchev–Trinajstić information content (AvgIpc) is 2.80. The molecule has 32 heavy (non-hydrogen) atoms. The van der Waals surface area contributed by atoms with Crippen LogP contribution in [0.2, 0.25) is 5.02 Å². The molecule has 4 aromatic rings. The van der Waals surface area contributed by atoms with Crippen molar-refractivity contribution in [2.24, 2.45) is 0 Å². The van der Waals surface area contributed by atoms with Gasteiger partial charge in [0.05, 0.1) is 10.9 Å². The normalized spacial score (nSPS) is 12.4. The second kappa shape index (κ2) is 9.53. The Bertz CT molecular complexity index is 1340. The van der Waals surface area contributed by atoms with Crippen LogP contribution in [0.4, 0.5) is 5.69 Å². The van der Waals surface area contributed by atoms with Gasteiger partial charge in [0.25, 0.3) is 0 Å². The third-order valence-electron chi connectivity index (χ3n) is 5.08. The summed E-state index contributed by atoms with van der Waals surface area (Å²) in [6.45, 7) is 0. The Balaban J connectivity index is 1.58. The maximum absolute atomic E-state index is 13.0. The summed E-state index contributed by atoms with van der Waals surface area (Å²) in [6.07, 6.45) is -0.0694. The highest BCUT2D eigenvalue weighted by molar-refractivity contribution is 7.89. The molecule has 4 rings (SSSR count). The predicted octanol–water partition coefficient (Wildman–Crippen LogP) is 5.54. The van der Waals surface area contributed by atoms with Gasteiger partial charge in [0.2, 0.25) is 15.9 Å². The average molecular weight is 465 g/mol. The van der Waals surface area contributed by atoms with Gasteiger partial charge in [-0.2, -0.15) is 0 Å². The molecule has 0 heterocycles. The number of hydrogen-bond donors (Lipinski definition) is 2. The molecule has 4 aromatic carbocycles. The van der Waals surface area contributed by atoms with E-state index >= 15 is 0 Å². The molecule has 0 spiro atoms. The van der Waals surface area contributed by atoms with Gasteiger partial charge in [-0.15, -0.1) is 0 Å². The topological polar surface area (TPSA) is 75.3 Å².